The van der Waals surface area contributed by atoms with Crippen LogP contribution in [-0.4, -0.2) is 37.0 Å². The number of ether oxygens (including phenoxy) is 2. The molecule has 1 fully saturated rings. The lowest BCUT2D eigenvalue weighted by molar-refractivity contribution is -0.151. The van der Waals surface area contributed by atoms with E-state index in [1.54, 1.807) is 47.4 Å². The van der Waals surface area contributed by atoms with Crippen molar-refractivity contribution < 1.29 is 23.9 Å². The van der Waals surface area contributed by atoms with Crippen LogP contribution in [0.4, 0.5) is 11.4 Å². The Morgan fingerprint density at radius 2 is 1.90 bits per heavy atom. The molecule has 1 N–H and O–H groups in total. The highest BCUT2D eigenvalue weighted by Crippen LogP contribution is 2.28. The number of rotatable bonds is 7. The van der Waals surface area contributed by atoms with Crippen LogP contribution in [0.3, 0.4) is 0 Å². The second-order valence-electron chi connectivity index (χ2n) is 7.68. The number of benzene rings is 2. The maximum absolute atomic E-state index is 12.4. The monoisotopic (exact) mass is 444 g/mol. The van der Waals surface area contributed by atoms with Crippen LogP contribution in [0.1, 0.15) is 25.8 Å². The number of nitrogens with zero attached hydrogens (tertiary/aromatic N) is 1. The first-order valence-corrected chi connectivity index (χ1v) is 10.4. The molecule has 1 aliphatic rings. The summed E-state index contributed by atoms with van der Waals surface area (Å²) in [4.78, 5) is 38.5. The molecule has 0 unspecified atom stereocenters. The molecule has 31 heavy (non-hydrogen) atoms. The van der Waals surface area contributed by atoms with Crippen LogP contribution in [0.15, 0.2) is 42.5 Å². The summed E-state index contributed by atoms with van der Waals surface area (Å²) in [5.74, 6) is -1.13. The Labute approximate surface area is 186 Å². The van der Waals surface area contributed by atoms with E-state index in [2.05, 4.69) is 5.32 Å². The largest absolute Gasteiger partial charge is 0.491 e. The number of anilines is 2. The molecule has 0 aromatic heterocycles. The third-order valence-electron chi connectivity index (χ3n) is 4.80. The van der Waals surface area contributed by atoms with Gasteiger partial charge in [-0.3, -0.25) is 14.4 Å². The van der Waals surface area contributed by atoms with E-state index in [1.807, 2.05) is 20.8 Å². The molecular formula is C23H25ClN2O5. The van der Waals surface area contributed by atoms with E-state index < -0.39 is 24.4 Å². The quantitative estimate of drug-likeness (QED) is 0.653. The summed E-state index contributed by atoms with van der Waals surface area (Å²) in [5, 5.41) is 3.16. The molecule has 0 radical (unpaired) electrons. The van der Waals surface area contributed by atoms with Crippen molar-refractivity contribution in [1.29, 1.82) is 0 Å². The number of carbonyl (C=O) groups is 3. The van der Waals surface area contributed by atoms with Crippen LogP contribution in [0.2, 0.25) is 5.02 Å². The normalized spacial score (nSPS) is 15.8. The van der Waals surface area contributed by atoms with Gasteiger partial charge in [0.1, 0.15) is 5.75 Å². The van der Waals surface area contributed by atoms with Crippen molar-refractivity contribution in [2.24, 2.45) is 5.92 Å². The second kappa shape index (κ2) is 9.83. The smallest absolute Gasteiger partial charge is 0.311 e. The first-order valence-electron chi connectivity index (χ1n) is 10.0. The number of nitrogens with one attached hydrogen (secondary N) is 1. The van der Waals surface area contributed by atoms with Crippen LogP contribution < -0.4 is 15.0 Å². The van der Waals surface area contributed by atoms with E-state index in [0.717, 1.165) is 5.56 Å². The van der Waals surface area contributed by atoms with Crippen LogP contribution in [0.25, 0.3) is 0 Å². The fourth-order valence-electron chi connectivity index (χ4n) is 3.26. The molecule has 0 aliphatic carbocycles. The van der Waals surface area contributed by atoms with Gasteiger partial charge >= 0.3 is 5.97 Å². The molecule has 3 rings (SSSR count). The Bertz CT molecular complexity index is 974. The molecule has 1 atom stereocenters. The molecular weight excluding hydrogens is 420 g/mol. The summed E-state index contributed by atoms with van der Waals surface area (Å²) in [6.07, 6.45) is 0.0939. The van der Waals surface area contributed by atoms with Crippen molar-refractivity contribution in [3.8, 4) is 5.75 Å². The minimum atomic E-state index is -0.625. The molecule has 0 bridgehead atoms. The first-order chi connectivity index (χ1) is 14.7. The summed E-state index contributed by atoms with van der Waals surface area (Å²) in [6, 6.07) is 12.3. The number of halogens is 1. The first kappa shape index (κ1) is 22.6. The van der Waals surface area contributed by atoms with Crippen molar-refractivity contribution in [2.45, 2.75) is 33.3 Å². The third-order valence-corrected chi connectivity index (χ3v) is 5.03. The molecule has 164 valence electrons. The zero-order valence-electron chi connectivity index (χ0n) is 17.7. The summed E-state index contributed by atoms with van der Waals surface area (Å²) in [7, 11) is 0. The number of aryl methyl sites for hydroxylation is 1. The minimum Gasteiger partial charge on any atom is -0.491 e. The molecule has 7 nitrogen and oxygen atoms in total. The Morgan fingerprint density at radius 1 is 1.19 bits per heavy atom. The van der Waals surface area contributed by atoms with Crippen molar-refractivity contribution >= 4 is 40.8 Å². The number of amides is 2. The molecule has 1 saturated heterocycles. The van der Waals surface area contributed by atoms with Gasteiger partial charge < -0.3 is 19.7 Å². The molecule has 1 heterocycles. The number of esters is 1. The molecule has 0 saturated carbocycles. The van der Waals surface area contributed by atoms with Gasteiger partial charge in [0.15, 0.2) is 6.61 Å². The third kappa shape index (κ3) is 5.98. The van der Waals surface area contributed by atoms with Gasteiger partial charge in [0.25, 0.3) is 5.91 Å². The van der Waals surface area contributed by atoms with Gasteiger partial charge in [0.2, 0.25) is 5.91 Å². The molecule has 8 heteroatoms. The van der Waals surface area contributed by atoms with E-state index in [-0.39, 0.29) is 25.0 Å². The van der Waals surface area contributed by atoms with Gasteiger partial charge in [0, 0.05) is 29.4 Å². The van der Waals surface area contributed by atoms with Gasteiger partial charge in [-0.05, 0) is 62.7 Å². The standard InChI is InChI=1S/C23H25ClN2O5/c1-14(2)31-19-8-6-18(7-9-19)26-12-16(10-22(26)28)23(29)30-13-21(27)25-20-11-17(24)5-4-15(20)3/h4-9,11,14,16H,10,12-13H2,1-3H3,(H,25,27)/t16-/m0/s1. The van der Waals surface area contributed by atoms with Crippen molar-refractivity contribution in [3.63, 3.8) is 0 Å². The van der Waals surface area contributed by atoms with Gasteiger partial charge in [0.05, 0.1) is 12.0 Å². The van der Waals surface area contributed by atoms with Gasteiger partial charge in [-0.25, -0.2) is 0 Å². The Morgan fingerprint density at radius 3 is 2.58 bits per heavy atom. The summed E-state index contributed by atoms with van der Waals surface area (Å²) in [5.41, 5.74) is 2.08. The predicted molar refractivity (Wildman–Crippen MR) is 118 cm³/mol. The van der Waals surface area contributed by atoms with E-state index in [4.69, 9.17) is 21.1 Å². The maximum atomic E-state index is 12.4. The zero-order valence-corrected chi connectivity index (χ0v) is 18.4. The average molecular weight is 445 g/mol. The van der Waals surface area contributed by atoms with Crippen molar-refractivity contribution in [2.75, 3.05) is 23.4 Å². The van der Waals surface area contributed by atoms with Crippen molar-refractivity contribution in [1.82, 2.24) is 0 Å². The molecule has 2 aromatic rings. The van der Waals surface area contributed by atoms with E-state index in [1.165, 1.54) is 0 Å². The SMILES string of the molecule is Cc1ccc(Cl)cc1NC(=O)COC(=O)[C@H]1CC(=O)N(c2ccc(OC(C)C)cc2)C1. The fourth-order valence-corrected chi connectivity index (χ4v) is 3.43. The number of hydrogen-bond acceptors (Lipinski definition) is 5. The average Bonchev–Trinajstić information content (AvgIpc) is 3.11. The highest BCUT2D eigenvalue weighted by Gasteiger charge is 2.36. The molecule has 2 aromatic carbocycles. The van der Waals surface area contributed by atoms with E-state index in [9.17, 15) is 14.4 Å². The number of carbonyl (C=O) groups excluding carboxylic acids is 3. The highest BCUT2D eigenvalue weighted by molar-refractivity contribution is 6.31. The lowest BCUT2D eigenvalue weighted by Gasteiger charge is -2.17. The van der Waals surface area contributed by atoms with E-state index >= 15 is 0 Å². The summed E-state index contributed by atoms with van der Waals surface area (Å²) in [6.45, 7) is 5.47. The lowest BCUT2D eigenvalue weighted by atomic mass is 10.1. The Kier molecular flexibility index (Phi) is 7.17. The zero-order chi connectivity index (χ0) is 22.5. The van der Waals surface area contributed by atoms with Crippen LogP contribution >= 0.6 is 11.6 Å². The molecule has 0 spiro atoms. The van der Waals surface area contributed by atoms with E-state index in [0.29, 0.717) is 22.1 Å². The highest BCUT2D eigenvalue weighted by atomic mass is 35.5. The Hall–Kier alpha value is -3.06. The Balaban J connectivity index is 1.53. The summed E-state index contributed by atoms with van der Waals surface area (Å²) < 4.78 is 10.7. The second-order valence-corrected chi connectivity index (χ2v) is 8.12. The lowest BCUT2D eigenvalue weighted by Crippen LogP contribution is -2.28. The molecule has 1 aliphatic heterocycles. The van der Waals surface area contributed by atoms with Crippen molar-refractivity contribution in [3.05, 3.63) is 53.1 Å². The van der Waals surface area contributed by atoms with Crippen LogP contribution in [0, 0.1) is 12.8 Å². The summed E-state index contributed by atoms with van der Waals surface area (Å²) >= 11 is 5.94. The van der Waals surface area contributed by atoms with Crippen LogP contribution in [-0.2, 0) is 19.1 Å². The number of hydrogen-bond donors (Lipinski definition) is 1. The molecule has 2 amide bonds. The fraction of sp³-hybridized carbons (Fsp3) is 0.348. The minimum absolute atomic E-state index is 0.0398. The van der Waals surface area contributed by atoms with Gasteiger partial charge in [-0.15, -0.1) is 0 Å². The van der Waals surface area contributed by atoms with Gasteiger partial charge in [-0.1, -0.05) is 17.7 Å². The van der Waals surface area contributed by atoms with Crippen LogP contribution in [0.5, 0.6) is 5.75 Å². The van der Waals surface area contributed by atoms with Gasteiger partial charge in [-0.2, -0.15) is 0 Å². The maximum Gasteiger partial charge on any atom is 0.311 e. The topological polar surface area (TPSA) is 84.9 Å². The predicted octanol–water partition coefficient (Wildman–Crippen LogP) is 3.97.